The Morgan fingerprint density at radius 3 is 2.39 bits per heavy atom. The molecular formula is C11H22N2O4S. The standard InChI is InChI=1S/C11H22N2O4S/c1-3-4-8-13(10-5-6-10)18(16,17)12(2)9-7-11(14)15/h10H,3-9H2,1-2H3,(H,14,15). The third kappa shape index (κ3) is 4.22. The SMILES string of the molecule is CCCCN(C1CC1)S(=O)(=O)N(C)CCC(=O)O. The monoisotopic (exact) mass is 278 g/mol. The molecule has 0 saturated heterocycles. The van der Waals surface area contributed by atoms with Crippen molar-refractivity contribution in [1.29, 1.82) is 0 Å². The zero-order valence-corrected chi connectivity index (χ0v) is 11.8. The van der Waals surface area contributed by atoms with Crippen molar-refractivity contribution in [2.45, 2.75) is 45.1 Å². The van der Waals surface area contributed by atoms with Gasteiger partial charge in [0.15, 0.2) is 0 Å². The topological polar surface area (TPSA) is 77.9 Å². The molecular weight excluding hydrogens is 256 g/mol. The lowest BCUT2D eigenvalue weighted by Gasteiger charge is -2.27. The molecule has 0 aromatic heterocycles. The van der Waals surface area contributed by atoms with E-state index in [1.807, 2.05) is 6.92 Å². The van der Waals surface area contributed by atoms with Crippen molar-refractivity contribution in [2.24, 2.45) is 0 Å². The summed E-state index contributed by atoms with van der Waals surface area (Å²) in [5.74, 6) is -0.983. The Morgan fingerprint density at radius 1 is 1.33 bits per heavy atom. The van der Waals surface area contributed by atoms with E-state index < -0.39 is 16.2 Å². The highest BCUT2D eigenvalue weighted by Gasteiger charge is 2.38. The van der Waals surface area contributed by atoms with E-state index in [9.17, 15) is 13.2 Å². The molecule has 0 unspecified atom stereocenters. The van der Waals surface area contributed by atoms with Crippen LogP contribution in [0.4, 0.5) is 0 Å². The molecule has 7 heteroatoms. The van der Waals surface area contributed by atoms with Crippen molar-refractivity contribution in [2.75, 3.05) is 20.1 Å². The molecule has 1 N–H and O–H groups in total. The number of carboxylic acid groups (broad SMARTS) is 1. The third-order valence-electron chi connectivity index (χ3n) is 3.02. The molecule has 1 saturated carbocycles. The molecule has 0 heterocycles. The summed E-state index contributed by atoms with van der Waals surface area (Å²) >= 11 is 0. The molecule has 0 amide bonds. The molecule has 0 aromatic carbocycles. The van der Waals surface area contributed by atoms with Gasteiger partial charge >= 0.3 is 5.97 Å². The summed E-state index contributed by atoms with van der Waals surface area (Å²) in [5, 5.41) is 8.59. The van der Waals surface area contributed by atoms with E-state index in [0.717, 1.165) is 30.0 Å². The molecule has 1 fully saturated rings. The Morgan fingerprint density at radius 2 is 1.94 bits per heavy atom. The zero-order valence-electron chi connectivity index (χ0n) is 11.0. The van der Waals surface area contributed by atoms with Crippen LogP contribution in [0.25, 0.3) is 0 Å². The van der Waals surface area contributed by atoms with Gasteiger partial charge in [0.25, 0.3) is 10.2 Å². The highest BCUT2D eigenvalue weighted by atomic mass is 32.2. The minimum atomic E-state index is -3.50. The molecule has 1 aliphatic rings. The van der Waals surface area contributed by atoms with Gasteiger partial charge in [0, 0.05) is 26.2 Å². The summed E-state index contributed by atoms with van der Waals surface area (Å²) in [4.78, 5) is 10.5. The lowest BCUT2D eigenvalue weighted by Crippen LogP contribution is -2.44. The Labute approximate surface area is 109 Å². The predicted octanol–water partition coefficient (Wildman–Crippen LogP) is 0.902. The Kier molecular flexibility index (Phi) is 5.55. The average Bonchev–Trinajstić information content (AvgIpc) is 3.10. The fraction of sp³-hybridized carbons (Fsp3) is 0.909. The number of nitrogens with zero attached hydrogens (tertiary/aromatic N) is 2. The second kappa shape index (κ2) is 6.49. The Balaban J connectivity index is 2.65. The van der Waals surface area contributed by atoms with Gasteiger partial charge in [-0.25, -0.2) is 0 Å². The fourth-order valence-corrected chi connectivity index (χ4v) is 3.34. The van der Waals surface area contributed by atoms with Crippen molar-refractivity contribution in [3.8, 4) is 0 Å². The van der Waals surface area contributed by atoms with Gasteiger partial charge in [0.2, 0.25) is 0 Å². The van der Waals surface area contributed by atoms with Gasteiger partial charge in [0.1, 0.15) is 0 Å². The van der Waals surface area contributed by atoms with Crippen LogP contribution >= 0.6 is 0 Å². The minimum absolute atomic E-state index is 0.0208. The van der Waals surface area contributed by atoms with Gasteiger partial charge in [-0.05, 0) is 19.3 Å². The molecule has 106 valence electrons. The van der Waals surface area contributed by atoms with Crippen molar-refractivity contribution in [3.05, 3.63) is 0 Å². The van der Waals surface area contributed by atoms with E-state index in [1.54, 1.807) is 0 Å². The minimum Gasteiger partial charge on any atom is -0.481 e. The second-order valence-electron chi connectivity index (χ2n) is 4.67. The molecule has 0 aromatic rings. The lowest BCUT2D eigenvalue weighted by atomic mass is 10.3. The first-order chi connectivity index (χ1) is 8.39. The van der Waals surface area contributed by atoms with Gasteiger partial charge in [-0.3, -0.25) is 4.79 Å². The summed E-state index contributed by atoms with van der Waals surface area (Å²) in [6.45, 7) is 2.57. The van der Waals surface area contributed by atoms with Crippen molar-refractivity contribution >= 4 is 16.2 Å². The molecule has 6 nitrogen and oxygen atoms in total. The number of rotatable bonds is 9. The first-order valence-electron chi connectivity index (χ1n) is 6.34. The van der Waals surface area contributed by atoms with Crippen LogP contribution in [0.15, 0.2) is 0 Å². The maximum atomic E-state index is 12.3. The van der Waals surface area contributed by atoms with Crippen LogP contribution in [-0.2, 0) is 15.0 Å². The normalized spacial score (nSPS) is 16.4. The fourth-order valence-electron chi connectivity index (χ4n) is 1.71. The van der Waals surface area contributed by atoms with E-state index in [1.165, 1.54) is 11.4 Å². The van der Waals surface area contributed by atoms with Crippen LogP contribution in [0.1, 0.15) is 39.0 Å². The molecule has 1 aliphatic carbocycles. The Bertz CT molecular complexity index is 379. The van der Waals surface area contributed by atoms with Gasteiger partial charge in [-0.1, -0.05) is 13.3 Å². The van der Waals surface area contributed by atoms with Gasteiger partial charge < -0.3 is 5.11 Å². The molecule has 18 heavy (non-hydrogen) atoms. The van der Waals surface area contributed by atoms with Crippen molar-refractivity contribution in [1.82, 2.24) is 8.61 Å². The number of aliphatic carboxylic acids is 1. The zero-order chi connectivity index (χ0) is 13.8. The first-order valence-corrected chi connectivity index (χ1v) is 7.74. The van der Waals surface area contributed by atoms with Crippen LogP contribution in [0.5, 0.6) is 0 Å². The number of hydrogen-bond acceptors (Lipinski definition) is 3. The van der Waals surface area contributed by atoms with E-state index >= 15 is 0 Å². The highest BCUT2D eigenvalue weighted by Crippen LogP contribution is 2.30. The molecule has 0 atom stereocenters. The largest absolute Gasteiger partial charge is 0.481 e. The van der Waals surface area contributed by atoms with Crippen molar-refractivity contribution < 1.29 is 18.3 Å². The second-order valence-corrected chi connectivity index (χ2v) is 6.66. The van der Waals surface area contributed by atoms with E-state index in [0.29, 0.717) is 6.54 Å². The summed E-state index contributed by atoms with van der Waals surface area (Å²) in [6.07, 6.45) is 3.44. The van der Waals surface area contributed by atoms with Crippen LogP contribution < -0.4 is 0 Å². The summed E-state index contributed by atoms with van der Waals surface area (Å²) in [5.41, 5.74) is 0. The van der Waals surface area contributed by atoms with Crippen molar-refractivity contribution in [3.63, 3.8) is 0 Å². The van der Waals surface area contributed by atoms with Crippen LogP contribution in [0, 0.1) is 0 Å². The van der Waals surface area contributed by atoms with E-state index in [4.69, 9.17) is 5.11 Å². The summed E-state index contributed by atoms with van der Waals surface area (Å²) in [6, 6.07) is 0.119. The summed E-state index contributed by atoms with van der Waals surface area (Å²) in [7, 11) is -2.06. The van der Waals surface area contributed by atoms with Crippen LogP contribution in [0.3, 0.4) is 0 Å². The molecule has 1 rings (SSSR count). The number of unbranched alkanes of at least 4 members (excludes halogenated alkanes) is 1. The predicted molar refractivity (Wildman–Crippen MR) is 68.4 cm³/mol. The van der Waals surface area contributed by atoms with E-state index in [-0.39, 0.29) is 19.0 Å². The number of carboxylic acids is 1. The van der Waals surface area contributed by atoms with Gasteiger partial charge in [0.05, 0.1) is 6.42 Å². The average molecular weight is 278 g/mol. The maximum Gasteiger partial charge on any atom is 0.304 e. The lowest BCUT2D eigenvalue weighted by molar-refractivity contribution is -0.137. The van der Waals surface area contributed by atoms with Gasteiger partial charge in [-0.2, -0.15) is 17.0 Å². The number of carbonyl (C=O) groups is 1. The molecule has 0 bridgehead atoms. The smallest absolute Gasteiger partial charge is 0.304 e. The molecule has 0 radical (unpaired) electrons. The Hall–Kier alpha value is -0.660. The van der Waals surface area contributed by atoms with E-state index in [2.05, 4.69) is 0 Å². The quantitative estimate of drug-likeness (QED) is 0.680. The van der Waals surface area contributed by atoms with Gasteiger partial charge in [-0.15, -0.1) is 0 Å². The maximum absolute atomic E-state index is 12.3. The molecule has 0 spiro atoms. The summed E-state index contributed by atoms with van der Waals surface area (Å²) < 4.78 is 27.3. The van der Waals surface area contributed by atoms with Crippen LogP contribution in [0.2, 0.25) is 0 Å². The highest BCUT2D eigenvalue weighted by molar-refractivity contribution is 7.86. The number of hydrogen-bond donors (Lipinski definition) is 1. The first kappa shape index (κ1) is 15.4. The third-order valence-corrected chi connectivity index (χ3v) is 5.06. The molecule has 0 aliphatic heterocycles. The van der Waals surface area contributed by atoms with Crippen LogP contribution in [-0.4, -0.2) is 54.3 Å².